The number of carbonyl (C=O) groups excluding carboxylic acids is 1. The predicted molar refractivity (Wildman–Crippen MR) is 102 cm³/mol. The third-order valence-electron chi connectivity index (χ3n) is 5.27. The summed E-state index contributed by atoms with van der Waals surface area (Å²) in [7, 11) is 1.93. The molecule has 0 saturated heterocycles. The highest BCUT2D eigenvalue weighted by Gasteiger charge is 2.20. The lowest BCUT2D eigenvalue weighted by Gasteiger charge is -2.29. The smallest absolute Gasteiger partial charge is 0.317 e. The third-order valence-corrected chi connectivity index (χ3v) is 5.27. The average molecular weight is 355 g/mol. The Balaban J connectivity index is 1.58. The first-order valence-electron chi connectivity index (χ1n) is 9.61. The van der Waals surface area contributed by atoms with E-state index in [-0.39, 0.29) is 6.03 Å². The van der Waals surface area contributed by atoms with Crippen LogP contribution in [0.15, 0.2) is 30.7 Å². The van der Waals surface area contributed by atoms with E-state index < -0.39 is 0 Å². The van der Waals surface area contributed by atoms with E-state index in [9.17, 15) is 4.79 Å². The quantitative estimate of drug-likeness (QED) is 0.906. The first kappa shape index (κ1) is 18.4. The zero-order valence-electron chi connectivity index (χ0n) is 15.8. The van der Waals surface area contributed by atoms with Crippen LogP contribution in [0.5, 0.6) is 0 Å². The van der Waals surface area contributed by atoms with E-state index in [0.717, 1.165) is 30.0 Å². The maximum absolute atomic E-state index is 12.6. The van der Waals surface area contributed by atoms with Crippen LogP contribution in [0.1, 0.15) is 56.3 Å². The van der Waals surface area contributed by atoms with Crippen LogP contribution in [0.2, 0.25) is 0 Å². The van der Waals surface area contributed by atoms with Gasteiger partial charge >= 0.3 is 6.03 Å². The summed E-state index contributed by atoms with van der Waals surface area (Å²) in [6, 6.07) is 4.29. The minimum Gasteiger partial charge on any atom is -0.334 e. The molecule has 1 aliphatic rings. The number of carbonyl (C=O) groups is 1. The maximum Gasteiger partial charge on any atom is 0.317 e. The Morgan fingerprint density at radius 3 is 2.62 bits per heavy atom. The molecule has 1 saturated carbocycles. The van der Waals surface area contributed by atoms with Crippen molar-refractivity contribution in [2.24, 2.45) is 0 Å². The molecular weight excluding hydrogens is 326 g/mol. The van der Waals surface area contributed by atoms with E-state index >= 15 is 0 Å². The van der Waals surface area contributed by atoms with Crippen molar-refractivity contribution in [1.29, 1.82) is 0 Å². The Kier molecular flexibility index (Phi) is 6.26. The van der Waals surface area contributed by atoms with Gasteiger partial charge in [-0.3, -0.25) is 4.57 Å². The molecule has 6 nitrogen and oxygen atoms in total. The Morgan fingerprint density at radius 1 is 1.19 bits per heavy atom. The largest absolute Gasteiger partial charge is 0.334 e. The van der Waals surface area contributed by atoms with Gasteiger partial charge in [0.2, 0.25) is 0 Å². The topological polar surface area (TPSA) is 63.1 Å². The molecule has 2 heterocycles. The lowest BCUT2D eigenvalue weighted by molar-refractivity contribution is 0.178. The number of hydrogen-bond donors (Lipinski definition) is 1. The van der Waals surface area contributed by atoms with Crippen LogP contribution in [0, 0.1) is 6.92 Å². The van der Waals surface area contributed by atoms with Gasteiger partial charge in [-0.1, -0.05) is 32.1 Å². The van der Waals surface area contributed by atoms with E-state index in [2.05, 4.69) is 15.3 Å². The molecular formula is C20H29N5O. The fraction of sp³-hybridized carbons (Fsp3) is 0.550. The summed E-state index contributed by atoms with van der Waals surface area (Å²) >= 11 is 0. The normalized spacial score (nSPS) is 15.9. The molecule has 1 N–H and O–H groups in total. The molecule has 0 spiro atoms. The number of hydrogen-bond acceptors (Lipinski definition) is 3. The summed E-state index contributed by atoms with van der Waals surface area (Å²) in [5.41, 5.74) is 1.03. The summed E-state index contributed by atoms with van der Waals surface area (Å²) in [5, 5.41) is 3.05. The number of nitrogens with one attached hydrogen (secondary N) is 1. The highest BCUT2D eigenvalue weighted by molar-refractivity contribution is 5.74. The number of imidazole rings is 1. The molecule has 0 unspecified atom stereocenters. The van der Waals surface area contributed by atoms with Crippen molar-refractivity contribution in [1.82, 2.24) is 24.8 Å². The number of amides is 2. The number of aryl methyl sites for hydroxylation is 1. The SMILES string of the molecule is Cc1nccn1-c1cc(CNC(=O)N(C)C2CCCCCCC2)ccn1. The predicted octanol–water partition coefficient (Wildman–Crippen LogP) is 3.83. The monoisotopic (exact) mass is 355 g/mol. The molecule has 0 aliphatic heterocycles. The first-order valence-corrected chi connectivity index (χ1v) is 9.61. The second-order valence-corrected chi connectivity index (χ2v) is 7.14. The van der Waals surface area contributed by atoms with Crippen LogP contribution in [0.4, 0.5) is 4.79 Å². The van der Waals surface area contributed by atoms with E-state index in [1.807, 2.05) is 41.8 Å². The molecule has 0 bridgehead atoms. The van der Waals surface area contributed by atoms with Crippen molar-refractivity contribution < 1.29 is 4.79 Å². The molecule has 3 rings (SSSR count). The van der Waals surface area contributed by atoms with E-state index in [1.165, 1.54) is 32.1 Å². The van der Waals surface area contributed by atoms with E-state index in [0.29, 0.717) is 12.6 Å². The molecule has 6 heteroatoms. The first-order chi connectivity index (χ1) is 12.6. The van der Waals surface area contributed by atoms with Gasteiger partial charge in [0.1, 0.15) is 11.6 Å². The third kappa shape index (κ3) is 4.62. The molecule has 2 amide bonds. The van der Waals surface area contributed by atoms with Crippen LogP contribution in [0.25, 0.3) is 5.82 Å². The number of rotatable bonds is 4. The second kappa shape index (κ2) is 8.83. The second-order valence-electron chi connectivity index (χ2n) is 7.14. The van der Waals surface area contributed by atoms with Gasteiger partial charge in [0.15, 0.2) is 0 Å². The van der Waals surface area contributed by atoms with Gasteiger partial charge in [0, 0.05) is 38.2 Å². The van der Waals surface area contributed by atoms with Gasteiger partial charge in [-0.15, -0.1) is 0 Å². The minimum atomic E-state index is 0.00717. The van der Waals surface area contributed by atoms with Gasteiger partial charge in [0.25, 0.3) is 0 Å². The summed E-state index contributed by atoms with van der Waals surface area (Å²) in [4.78, 5) is 23.1. The van der Waals surface area contributed by atoms with Crippen LogP contribution < -0.4 is 5.32 Å². The van der Waals surface area contributed by atoms with Crippen LogP contribution in [-0.2, 0) is 6.54 Å². The molecule has 0 aromatic carbocycles. The zero-order chi connectivity index (χ0) is 18.4. The molecule has 26 heavy (non-hydrogen) atoms. The van der Waals surface area contributed by atoms with Crippen molar-refractivity contribution in [2.75, 3.05) is 7.05 Å². The van der Waals surface area contributed by atoms with Crippen molar-refractivity contribution in [2.45, 2.75) is 64.5 Å². The zero-order valence-corrected chi connectivity index (χ0v) is 15.8. The number of pyridine rings is 1. The fourth-order valence-electron chi connectivity index (χ4n) is 3.61. The Bertz CT molecular complexity index is 718. The van der Waals surface area contributed by atoms with Gasteiger partial charge in [0.05, 0.1) is 0 Å². The number of urea groups is 1. The van der Waals surface area contributed by atoms with Crippen LogP contribution in [-0.4, -0.2) is 38.6 Å². The Labute approximate surface area is 155 Å². The number of aromatic nitrogens is 3. The molecule has 1 fully saturated rings. The van der Waals surface area contributed by atoms with Gasteiger partial charge in [-0.2, -0.15) is 0 Å². The number of nitrogens with zero attached hydrogens (tertiary/aromatic N) is 4. The molecule has 0 radical (unpaired) electrons. The van der Waals surface area contributed by atoms with E-state index in [4.69, 9.17) is 0 Å². The Morgan fingerprint density at radius 2 is 1.92 bits per heavy atom. The highest BCUT2D eigenvalue weighted by Crippen LogP contribution is 2.20. The standard InChI is InChI=1S/C20H29N5O/c1-16-21-12-13-25(16)19-14-17(10-11-22-19)15-23-20(26)24(2)18-8-6-4-3-5-7-9-18/h10-14,18H,3-9,15H2,1-2H3,(H,23,26). The molecule has 2 aromatic rings. The molecule has 2 aromatic heterocycles. The van der Waals surface area contributed by atoms with E-state index in [1.54, 1.807) is 12.4 Å². The average Bonchev–Trinajstić information content (AvgIpc) is 3.05. The van der Waals surface area contributed by atoms with Gasteiger partial charge < -0.3 is 10.2 Å². The minimum absolute atomic E-state index is 0.00717. The van der Waals surface area contributed by atoms with Crippen molar-refractivity contribution in [3.63, 3.8) is 0 Å². The molecule has 140 valence electrons. The molecule has 0 atom stereocenters. The Hall–Kier alpha value is -2.37. The van der Waals surface area contributed by atoms with Gasteiger partial charge in [-0.05, 0) is 37.5 Å². The summed E-state index contributed by atoms with van der Waals surface area (Å²) in [6.07, 6.45) is 14.0. The van der Waals surface area contributed by atoms with Crippen LogP contribution in [0.3, 0.4) is 0 Å². The summed E-state index contributed by atoms with van der Waals surface area (Å²) in [5.74, 6) is 1.71. The maximum atomic E-state index is 12.6. The fourth-order valence-corrected chi connectivity index (χ4v) is 3.61. The highest BCUT2D eigenvalue weighted by atomic mass is 16.2. The lowest BCUT2D eigenvalue weighted by Crippen LogP contribution is -2.43. The summed E-state index contributed by atoms with van der Waals surface area (Å²) < 4.78 is 1.94. The van der Waals surface area contributed by atoms with Crippen molar-refractivity contribution in [3.8, 4) is 5.82 Å². The van der Waals surface area contributed by atoms with Crippen molar-refractivity contribution in [3.05, 3.63) is 42.1 Å². The lowest BCUT2D eigenvalue weighted by atomic mass is 9.96. The summed E-state index contributed by atoms with van der Waals surface area (Å²) in [6.45, 7) is 2.44. The van der Waals surface area contributed by atoms with Gasteiger partial charge in [-0.25, -0.2) is 14.8 Å². The van der Waals surface area contributed by atoms with Crippen LogP contribution >= 0.6 is 0 Å². The van der Waals surface area contributed by atoms with Crippen molar-refractivity contribution >= 4 is 6.03 Å². The molecule has 1 aliphatic carbocycles.